The lowest BCUT2D eigenvalue weighted by molar-refractivity contribution is 0.235. The number of benzene rings is 3. The van der Waals surface area contributed by atoms with Gasteiger partial charge in [0, 0.05) is 29.5 Å². The molecule has 1 saturated heterocycles. The molecule has 0 unspecified atom stereocenters. The molecule has 2 atom stereocenters. The zero-order valence-electron chi connectivity index (χ0n) is 19.2. The van der Waals surface area contributed by atoms with Crippen molar-refractivity contribution in [1.82, 2.24) is 4.90 Å². The molecular weight excluding hydrogens is 481 g/mol. The number of likely N-dealkylation sites (tertiary alicyclic amines) is 1. The Morgan fingerprint density at radius 3 is 2.17 bits per heavy atom. The van der Waals surface area contributed by atoms with E-state index in [4.69, 9.17) is 9.47 Å². The Bertz CT molecular complexity index is 1230. The van der Waals surface area contributed by atoms with Gasteiger partial charge >= 0.3 is 0 Å². The smallest absolute Gasteiger partial charge is 0.200 e. The summed E-state index contributed by atoms with van der Waals surface area (Å²) in [6.07, 6.45) is 2.36. The van der Waals surface area contributed by atoms with Gasteiger partial charge in [-0.25, -0.2) is 22.0 Å². The highest BCUT2D eigenvalue weighted by molar-refractivity contribution is 5.51. The van der Waals surface area contributed by atoms with Crippen LogP contribution < -0.4 is 9.47 Å². The summed E-state index contributed by atoms with van der Waals surface area (Å²) in [5.41, 5.74) is -0.0276. The molecule has 0 aliphatic carbocycles. The van der Waals surface area contributed by atoms with Crippen molar-refractivity contribution in [3.8, 4) is 17.2 Å². The summed E-state index contributed by atoms with van der Waals surface area (Å²) >= 11 is 0. The van der Waals surface area contributed by atoms with Crippen LogP contribution in [0.3, 0.4) is 0 Å². The maximum atomic E-state index is 14.8. The first-order valence-corrected chi connectivity index (χ1v) is 11.8. The number of fused-ring (bicyclic) bond motifs is 1. The molecule has 190 valence electrons. The molecule has 36 heavy (non-hydrogen) atoms. The predicted octanol–water partition coefficient (Wildman–Crippen LogP) is 5.87. The van der Waals surface area contributed by atoms with E-state index in [0.717, 1.165) is 19.6 Å². The summed E-state index contributed by atoms with van der Waals surface area (Å²) in [6.45, 7) is 3.08. The van der Waals surface area contributed by atoms with Gasteiger partial charge in [-0.3, -0.25) is 4.90 Å². The van der Waals surface area contributed by atoms with Crippen LogP contribution in [-0.4, -0.2) is 42.9 Å². The van der Waals surface area contributed by atoms with E-state index in [1.165, 1.54) is 31.0 Å². The molecule has 2 aliphatic rings. The van der Waals surface area contributed by atoms with E-state index in [2.05, 4.69) is 4.90 Å². The number of phenolic OH excluding ortho intramolecular Hbond substituents is 1. The number of phenols is 1. The van der Waals surface area contributed by atoms with Crippen molar-refractivity contribution in [2.75, 3.05) is 32.8 Å². The number of hydrogen-bond acceptors (Lipinski definition) is 4. The Labute approximate surface area is 204 Å². The topological polar surface area (TPSA) is 41.9 Å². The van der Waals surface area contributed by atoms with Crippen LogP contribution in [0.1, 0.15) is 41.4 Å². The monoisotopic (exact) mass is 505 g/mol. The van der Waals surface area contributed by atoms with Crippen LogP contribution in [0.25, 0.3) is 0 Å². The second-order valence-electron chi connectivity index (χ2n) is 9.07. The number of hydrogen-bond donors (Lipinski definition) is 1. The molecule has 1 fully saturated rings. The maximum absolute atomic E-state index is 14.8. The van der Waals surface area contributed by atoms with Crippen molar-refractivity contribution in [2.24, 2.45) is 0 Å². The van der Waals surface area contributed by atoms with E-state index in [9.17, 15) is 27.1 Å². The molecule has 2 aliphatic heterocycles. The summed E-state index contributed by atoms with van der Waals surface area (Å²) in [7, 11) is 0. The first-order chi connectivity index (χ1) is 17.3. The van der Waals surface area contributed by atoms with E-state index in [-0.39, 0.29) is 12.4 Å². The Kier molecular flexibility index (Phi) is 6.75. The van der Waals surface area contributed by atoms with E-state index in [0.29, 0.717) is 29.2 Å². The van der Waals surface area contributed by atoms with Crippen LogP contribution in [0.15, 0.2) is 42.5 Å². The molecule has 2 heterocycles. The van der Waals surface area contributed by atoms with Gasteiger partial charge in [-0.1, -0.05) is 12.1 Å². The van der Waals surface area contributed by atoms with E-state index in [1.54, 1.807) is 24.3 Å². The van der Waals surface area contributed by atoms with Gasteiger partial charge < -0.3 is 14.6 Å². The Balaban J connectivity index is 1.50. The van der Waals surface area contributed by atoms with Gasteiger partial charge in [-0.05, 0) is 61.8 Å². The van der Waals surface area contributed by atoms with E-state index >= 15 is 0 Å². The molecule has 4 nitrogen and oxygen atoms in total. The Hall–Kier alpha value is -3.33. The van der Waals surface area contributed by atoms with Crippen LogP contribution in [0.5, 0.6) is 17.2 Å². The molecule has 0 aromatic heterocycles. The fourth-order valence-corrected chi connectivity index (χ4v) is 5.08. The van der Waals surface area contributed by atoms with Crippen molar-refractivity contribution < 1.29 is 36.5 Å². The number of aromatic hydroxyl groups is 1. The largest absolute Gasteiger partial charge is 0.508 e. The SMILES string of the molecule is Oc1ccc2c(c1)[C@H](c1ccc(OCCN3CCCC3)cc1)[C@H](c1c(F)c(F)c(F)c(F)c1F)CO2. The minimum Gasteiger partial charge on any atom is -0.508 e. The zero-order chi connectivity index (χ0) is 25.4. The van der Waals surface area contributed by atoms with Gasteiger partial charge in [-0.2, -0.15) is 0 Å². The molecule has 5 rings (SSSR count). The summed E-state index contributed by atoms with van der Waals surface area (Å²) < 4.78 is 82.9. The van der Waals surface area contributed by atoms with Gasteiger partial charge in [0.05, 0.1) is 6.61 Å². The first kappa shape index (κ1) is 24.4. The summed E-state index contributed by atoms with van der Waals surface area (Å²) in [5.74, 6) is -11.3. The van der Waals surface area contributed by atoms with E-state index < -0.39 is 46.5 Å². The highest BCUT2D eigenvalue weighted by Crippen LogP contribution is 2.48. The van der Waals surface area contributed by atoms with Gasteiger partial charge in [0.25, 0.3) is 0 Å². The van der Waals surface area contributed by atoms with Gasteiger partial charge in [0.15, 0.2) is 23.3 Å². The first-order valence-electron chi connectivity index (χ1n) is 11.8. The van der Waals surface area contributed by atoms with Crippen LogP contribution in [0.4, 0.5) is 22.0 Å². The fourth-order valence-electron chi connectivity index (χ4n) is 5.08. The Morgan fingerprint density at radius 2 is 1.50 bits per heavy atom. The van der Waals surface area contributed by atoms with Crippen molar-refractivity contribution in [2.45, 2.75) is 24.7 Å². The van der Waals surface area contributed by atoms with Crippen molar-refractivity contribution in [1.29, 1.82) is 0 Å². The lowest BCUT2D eigenvalue weighted by Gasteiger charge is -2.35. The molecule has 0 spiro atoms. The third-order valence-corrected chi connectivity index (χ3v) is 6.88. The van der Waals surface area contributed by atoms with Gasteiger partial charge in [0.1, 0.15) is 23.9 Å². The average Bonchev–Trinajstić information content (AvgIpc) is 3.40. The molecule has 0 radical (unpaired) electrons. The number of rotatable bonds is 6. The minimum atomic E-state index is -2.21. The average molecular weight is 505 g/mol. The number of halogens is 5. The number of nitrogens with zero attached hydrogens (tertiary/aromatic N) is 1. The van der Waals surface area contributed by atoms with Crippen LogP contribution >= 0.6 is 0 Å². The third-order valence-electron chi connectivity index (χ3n) is 6.88. The summed E-state index contributed by atoms with van der Waals surface area (Å²) in [5, 5.41) is 10.1. The highest BCUT2D eigenvalue weighted by atomic mass is 19.2. The van der Waals surface area contributed by atoms with Gasteiger partial charge in [-0.15, -0.1) is 0 Å². The van der Waals surface area contributed by atoms with Crippen LogP contribution in [0.2, 0.25) is 0 Å². The standard InChI is InChI=1S/C27H24F5NO3/c28-23-22(24(29)26(31)27(32)25(23)30)19-14-36-20-8-5-16(34)13-18(20)21(19)15-3-6-17(7-4-15)35-12-11-33-9-1-2-10-33/h3-8,13,19,21,34H,1-2,9-12,14H2/t19-,21+/m1/s1. The fraction of sp³-hybridized carbons (Fsp3) is 0.333. The molecule has 3 aromatic carbocycles. The third kappa shape index (κ3) is 4.48. The molecule has 3 aromatic rings. The minimum absolute atomic E-state index is 0.123. The quantitative estimate of drug-likeness (QED) is 0.259. The number of ether oxygens (including phenoxy) is 2. The zero-order valence-corrected chi connectivity index (χ0v) is 19.2. The van der Waals surface area contributed by atoms with Crippen molar-refractivity contribution in [3.63, 3.8) is 0 Å². The van der Waals surface area contributed by atoms with Crippen LogP contribution in [0, 0.1) is 29.1 Å². The molecule has 0 amide bonds. The molecule has 1 N–H and O–H groups in total. The lowest BCUT2D eigenvalue weighted by Crippen LogP contribution is -2.28. The second-order valence-corrected chi connectivity index (χ2v) is 9.07. The van der Waals surface area contributed by atoms with E-state index in [1.807, 2.05) is 0 Å². The van der Waals surface area contributed by atoms with Crippen molar-refractivity contribution in [3.05, 3.63) is 88.2 Å². The molecule has 0 saturated carbocycles. The van der Waals surface area contributed by atoms with Crippen molar-refractivity contribution >= 4 is 0 Å². The lowest BCUT2D eigenvalue weighted by atomic mass is 9.75. The normalized spacial score (nSPS) is 19.7. The summed E-state index contributed by atoms with van der Waals surface area (Å²) in [6, 6.07) is 11.1. The molecule has 9 heteroatoms. The second kappa shape index (κ2) is 9.97. The molecule has 0 bridgehead atoms. The maximum Gasteiger partial charge on any atom is 0.200 e. The predicted molar refractivity (Wildman–Crippen MR) is 122 cm³/mol. The molecular formula is C27H24F5NO3. The van der Waals surface area contributed by atoms with Crippen LogP contribution in [-0.2, 0) is 0 Å². The Morgan fingerprint density at radius 1 is 0.861 bits per heavy atom. The highest BCUT2D eigenvalue weighted by Gasteiger charge is 2.40. The van der Waals surface area contributed by atoms with Gasteiger partial charge in [0.2, 0.25) is 5.82 Å². The summed E-state index contributed by atoms with van der Waals surface area (Å²) in [4.78, 5) is 2.31.